The Balaban J connectivity index is 2.52. The Labute approximate surface area is 129 Å². The molecule has 0 fully saturated rings. The van der Waals surface area contributed by atoms with Gasteiger partial charge >= 0.3 is 0 Å². The van der Waals surface area contributed by atoms with E-state index in [1.165, 1.54) is 13.2 Å². The van der Waals surface area contributed by atoms with E-state index in [2.05, 4.69) is 30.8 Å². The molecule has 2 aromatic rings. The van der Waals surface area contributed by atoms with Gasteiger partial charge in [-0.2, -0.15) is 5.10 Å². The van der Waals surface area contributed by atoms with Crippen LogP contribution in [-0.4, -0.2) is 25.7 Å². The summed E-state index contributed by atoms with van der Waals surface area (Å²) >= 11 is 3.13. The van der Waals surface area contributed by atoms with E-state index in [1.807, 2.05) is 0 Å². The van der Waals surface area contributed by atoms with Crippen LogP contribution in [0, 0.1) is 19.7 Å². The SMILES string of the molecule is COc1c(Br)cc(F)cc1NS(=O)(=O)c1c(C)n[nH]c1C. The largest absolute Gasteiger partial charge is 0.493 e. The molecule has 0 atom stereocenters. The molecule has 2 N–H and O–H groups in total. The first-order valence-electron chi connectivity index (χ1n) is 5.83. The summed E-state index contributed by atoms with van der Waals surface area (Å²) in [7, 11) is -2.54. The Hall–Kier alpha value is -1.61. The number of aromatic amines is 1. The summed E-state index contributed by atoms with van der Waals surface area (Å²) in [5, 5.41) is 6.44. The quantitative estimate of drug-likeness (QED) is 0.857. The monoisotopic (exact) mass is 377 g/mol. The molecule has 6 nitrogen and oxygen atoms in total. The number of rotatable bonds is 4. The number of nitrogens with one attached hydrogen (secondary N) is 2. The third kappa shape index (κ3) is 3.03. The minimum absolute atomic E-state index is 0.00405. The van der Waals surface area contributed by atoms with Crippen LogP contribution in [-0.2, 0) is 10.0 Å². The van der Waals surface area contributed by atoms with Crippen molar-refractivity contribution in [3.8, 4) is 5.75 Å². The molecule has 1 aromatic heterocycles. The average Bonchev–Trinajstić information content (AvgIpc) is 2.68. The average molecular weight is 378 g/mol. The Morgan fingerprint density at radius 2 is 2.05 bits per heavy atom. The van der Waals surface area contributed by atoms with Gasteiger partial charge in [-0.15, -0.1) is 0 Å². The number of hydrogen-bond donors (Lipinski definition) is 2. The maximum absolute atomic E-state index is 13.5. The first-order chi connectivity index (χ1) is 9.76. The van der Waals surface area contributed by atoms with Crippen LogP contribution in [0.2, 0.25) is 0 Å². The van der Waals surface area contributed by atoms with Gasteiger partial charge in [-0.1, -0.05) is 0 Å². The molecule has 0 saturated heterocycles. The number of aromatic nitrogens is 2. The van der Waals surface area contributed by atoms with Crippen LogP contribution >= 0.6 is 15.9 Å². The van der Waals surface area contributed by atoms with Gasteiger partial charge in [-0.3, -0.25) is 9.82 Å². The van der Waals surface area contributed by atoms with Gasteiger partial charge < -0.3 is 4.74 Å². The summed E-state index contributed by atoms with van der Waals surface area (Å²) in [5.74, 6) is -0.403. The standard InChI is InChI=1S/C12H13BrFN3O3S/c1-6-12(7(2)16-15-6)21(18,19)17-10-5-8(14)4-9(13)11(10)20-3/h4-5,17H,1-3H3,(H,15,16). The summed E-state index contributed by atoms with van der Waals surface area (Å²) in [6, 6.07) is 2.23. The van der Waals surface area contributed by atoms with Gasteiger partial charge in [0, 0.05) is 6.07 Å². The van der Waals surface area contributed by atoms with Crippen molar-refractivity contribution in [1.29, 1.82) is 0 Å². The molecule has 0 aliphatic heterocycles. The zero-order chi connectivity index (χ0) is 15.8. The van der Waals surface area contributed by atoms with Crippen LogP contribution < -0.4 is 9.46 Å². The molecule has 1 aromatic carbocycles. The van der Waals surface area contributed by atoms with Gasteiger partial charge in [-0.25, -0.2) is 12.8 Å². The molecule has 0 aliphatic carbocycles. The number of ether oxygens (including phenoxy) is 1. The number of sulfonamides is 1. The predicted octanol–water partition coefficient (Wildman–Crippen LogP) is 2.74. The molecule has 2 rings (SSSR count). The van der Waals surface area contributed by atoms with E-state index >= 15 is 0 Å². The summed E-state index contributed by atoms with van der Waals surface area (Å²) in [4.78, 5) is 0.0323. The molecule has 0 radical (unpaired) electrons. The number of hydrogen-bond acceptors (Lipinski definition) is 4. The number of aryl methyl sites for hydroxylation is 2. The number of nitrogens with zero attached hydrogens (tertiary/aromatic N) is 1. The highest BCUT2D eigenvalue weighted by Crippen LogP contribution is 2.35. The molecule has 0 saturated carbocycles. The lowest BCUT2D eigenvalue weighted by Crippen LogP contribution is -2.15. The van der Waals surface area contributed by atoms with Crippen LogP contribution in [0.5, 0.6) is 5.75 Å². The molecular weight excluding hydrogens is 365 g/mol. The zero-order valence-corrected chi connectivity index (χ0v) is 13.9. The molecule has 1 heterocycles. The summed E-state index contributed by atoms with van der Waals surface area (Å²) in [6.45, 7) is 3.16. The van der Waals surface area contributed by atoms with E-state index in [9.17, 15) is 12.8 Å². The second-order valence-electron chi connectivity index (χ2n) is 4.34. The Morgan fingerprint density at radius 3 is 2.57 bits per heavy atom. The summed E-state index contributed by atoms with van der Waals surface area (Å²) in [6.07, 6.45) is 0. The third-order valence-electron chi connectivity index (χ3n) is 2.79. The second kappa shape index (κ2) is 5.64. The van der Waals surface area contributed by atoms with Gasteiger partial charge in [0.1, 0.15) is 10.7 Å². The third-order valence-corrected chi connectivity index (χ3v) is 5.00. The fourth-order valence-electron chi connectivity index (χ4n) is 1.98. The summed E-state index contributed by atoms with van der Waals surface area (Å²) in [5.41, 5.74) is 0.730. The topological polar surface area (TPSA) is 84.1 Å². The highest BCUT2D eigenvalue weighted by atomic mass is 79.9. The van der Waals surface area contributed by atoms with Crippen LogP contribution in [0.4, 0.5) is 10.1 Å². The minimum Gasteiger partial charge on any atom is -0.493 e. The second-order valence-corrected chi connectivity index (χ2v) is 6.81. The van der Waals surface area contributed by atoms with E-state index in [0.717, 1.165) is 6.07 Å². The number of methoxy groups -OCH3 is 1. The molecule has 21 heavy (non-hydrogen) atoms. The maximum Gasteiger partial charge on any atom is 0.265 e. The van der Waals surface area contributed by atoms with Crippen molar-refractivity contribution in [2.24, 2.45) is 0 Å². The van der Waals surface area contributed by atoms with Gasteiger partial charge in [0.2, 0.25) is 0 Å². The Kier molecular flexibility index (Phi) is 4.24. The molecule has 9 heteroatoms. The molecule has 0 bridgehead atoms. The normalized spacial score (nSPS) is 11.5. The van der Waals surface area contributed by atoms with E-state index in [1.54, 1.807) is 13.8 Å². The maximum atomic E-state index is 13.5. The van der Waals surface area contributed by atoms with Crippen molar-refractivity contribution in [2.45, 2.75) is 18.7 Å². The van der Waals surface area contributed by atoms with Crippen LogP contribution in [0.25, 0.3) is 0 Å². The molecule has 114 valence electrons. The number of benzene rings is 1. The molecule has 0 amide bonds. The first kappa shape index (κ1) is 15.8. The highest BCUT2D eigenvalue weighted by molar-refractivity contribution is 9.10. The fourth-order valence-corrected chi connectivity index (χ4v) is 4.00. The van der Waals surface area contributed by atoms with Crippen molar-refractivity contribution in [3.05, 3.63) is 33.8 Å². The van der Waals surface area contributed by atoms with E-state index in [4.69, 9.17) is 4.74 Å². The van der Waals surface area contributed by atoms with Crippen LogP contribution in [0.15, 0.2) is 21.5 Å². The Bertz CT molecular complexity index is 770. The van der Waals surface area contributed by atoms with Gasteiger partial charge in [-0.05, 0) is 35.8 Å². The van der Waals surface area contributed by atoms with Crippen molar-refractivity contribution < 1.29 is 17.5 Å². The van der Waals surface area contributed by atoms with E-state index < -0.39 is 15.8 Å². The molecule has 0 unspecified atom stereocenters. The molecule has 0 spiro atoms. The van der Waals surface area contributed by atoms with Crippen molar-refractivity contribution >= 4 is 31.6 Å². The summed E-state index contributed by atoms with van der Waals surface area (Å²) < 4.78 is 46.1. The lowest BCUT2D eigenvalue weighted by Gasteiger charge is -2.13. The highest BCUT2D eigenvalue weighted by Gasteiger charge is 2.24. The number of H-pyrrole nitrogens is 1. The fraction of sp³-hybridized carbons (Fsp3) is 0.250. The van der Waals surface area contributed by atoms with Crippen molar-refractivity contribution in [3.63, 3.8) is 0 Å². The van der Waals surface area contributed by atoms with Crippen molar-refractivity contribution in [2.75, 3.05) is 11.8 Å². The predicted molar refractivity (Wildman–Crippen MR) is 79.5 cm³/mol. The smallest absolute Gasteiger partial charge is 0.265 e. The lowest BCUT2D eigenvalue weighted by atomic mass is 10.3. The number of anilines is 1. The molecule has 0 aliphatic rings. The van der Waals surface area contributed by atoms with E-state index in [-0.39, 0.29) is 16.3 Å². The van der Waals surface area contributed by atoms with Crippen LogP contribution in [0.1, 0.15) is 11.4 Å². The lowest BCUT2D eigenvalue weighted by molar-refractivity contribution is 0.413. The van der Waals surface area contributed by atoms with Gasteiger partial charge in [0.05, 0.1) is 28.7 Å². The van der Waals surface area contributed by atoms with Crippen molar-refractivity contribution in [1.82, 2.24) is 10.2 Å². The van der Waals surface area contributed by atoms with E-state index in [0.29, 0.717) is 15.9 Å². The first-order valence-corrected chi connectivity index (χ1v) is 8.11. The molecular formula is C12H13BrFN3O3S. The van der Waals surface area contributed by atoms with Gasteiger partial charge in [0.15, 0.2) is 5.75 Å². The minimum atomic E-state index is -3.91. The Morgan fingerprint density at radius 1 is 1.38 bits per heavy atom. The number of halogens is 2. The van der Waals surface area contributed by atoms with Gasteiger partial charge in [0.25, 0.3) is 10.0 Å². The zero-order valence-electron chi connectivity index (χ0n) is 11.5. The van der Waals surface area contributed by atoms with Crippen LogP contribution in [0.3, 0.4) is 0 Å².